The van der Waals surface area contributed by atoms with Crippen LogP contribution in [0.1, 0.15) is 98.8 Å². The highest BCUT2D eigenvalue weighted by Gasteiger charge is 2.57. The molecular weight excluding hydrogens is 356 g/mol. The van der Waals surface area contributed by atoms with Crippen molar-refractivity contribution in [3.05, 3.63) is 22.8 Å². The van der Waals surface area contributed by atoms with Gasteiger partial charge in [0.2, 0.25) is 0 Å². The first-order valence-electron chi connectivity index (χ1n) is 12.3. The maximum Gasteiger partial charge on any atom is 0.158 e. The number of aliphatic hydroxyl groups excluding tert-OH is 1. The van der Waals surface area contributed by atoms with E-state index in [9.17, 15) is 9.90 Å². The van der Waals surface area contributed by atoms with Gasteiger partial charge in [0.15, 0.2) is 5.78 Å². The number of hydrogen-bond donors (Lipinski definition) is 1. The molecule has 0 aliphatic heterocycles. The Kier molecular flexibility index (Phi) is 5.64. The zero-order chi connectivity index (χ0) is 21.0. The van der Waals surface area contributed by atoms with Gasteiger partial charge in [-0.25, -0.2) is 0 Å². The summed E-state index contributed by atoms with van der Waals surface area (Å²) in [5, 5.41) is 10.2. The molecule has 2 nitrogen and oxygen atoms in total. The lowest BCUT2D eigenvalue weighted by molar-refractivity contribution is -0.116. The number of ketones is 1. The predicted molar refractivity (Wildman–Crippen MR) is 119 cm³/mol. The number of allylic oxidation sites excluding steroid dienone is 3. The van der Waals surface area contributed by atoms with Crippen molar-refractivity contribution in [2.45, 2.75) is 105 Å². The SMILES string of the molecule is C/C(C(=O)CCC(C)C)=C1/CC[C@H]2[C@@H]3CC=C4C[C@@H](O)CC[C@]4(C)[C@H]3CC[C@]12C. The summed E-state index contributed by atoms with van der Waals surface area (Å²) < 4.78 is 0. The third-order valence-corrected chi connectivity index (χ3v) is 9.68. The van der Waals surface area contributed by atoms with Crippen molar-refractivity contribution in [2.24, 2.45) is 34.5 Å². The first-order chi connectivity index (χ1) is 13.7. The highest BCUT2D eigenvalue weighted by atomic mass is 16.3. The second kappa shape index (κ2) is 7.66. The Labute approximate surface area is 178 Å². The van der Waals surface area contributed by atoms with Gasteiger partial charge in [0.05, 0.1) is 6.10 Å². The molecule has 0 aromatic heterocycles. The quantitative estimate of drug-likeness (QED) is 0.426. The summed E-state index contributed by atoms with van der Waals surface area (Å²) in [5.41, 5.74) is 4.70. The van der Waals surface area contributed by atoms with E-state index < -0.39 is 0 Å². The lowest BCUT2D eigenvalue weighted by atomic mass is 9.47. The molecule has 6 atom stereocenters. The molecule has 0 radical (unpaired) electrons. The second-order valence-corrected chi connectivity index (χ2v) is 11.6. The Balaban J connectivity index is 1.59. The van der Waals surface area contributed by atoms with Crippen molar-refractivity contribution in [1.82, 2.24) is 0 Å². The predicted octanol–water partition coefficient (Wildman–Crippen LogP) is 6.63. The summed E-state index contributed by atoms with van der Waals surface area (Å²) in [6, 6.07) is 0. The number of aliphatic hydroxyl groups is 1. The van der Waals surface area contributed by atoms with Gasteiger partial charge < -0.3 is 5.11 Å². The van der Waals surface area contributed by atoms with Crippen LogP contribution < -0.4 is 0 Å². The summed E-state index contributed by atoms with van der Waals surface area (Å²) in [6.07, 6.45) is 13.3. The molecule has 29 heavy (non-hydrogen) atoms. The number of hydrogen-bond acceptors (Lipinski definition) is 2. The van der Waals surface area contributed by atoms with Crippen LogP contribution in [0.25, 0.3) is 0 Å². The van der Waals surface area contributed by atoms with E-state index in [1.165, 1.54) is 31.3 Å². The molecule has 0 bridgehead atoms. The molecule has 0 aromatic carbocycles. The lowest BCUT2D eigenvalue weighted by Gasteiger charge is -2.57. The van der Waals surface area contributed by atoms with E-state index in [2.05, 4.69) is 40.7 Å². The van der Waals surface area contributed by atoms with E-state index >= 15 is 0 Å². The van der Waals surface area contributed by atoms with Gasteiger partial charge >= 0.3 is 0 Å². The molecule has 1 N–H and O–H groups in total. The number of Topliss-reactive ketones (excluding diaryl/α,β-unsaturated/α-hetero) is 1. The Morgan fingerprint density at radius 1 is 1.14 bits per heavy atom. The lowest BCUT2D eigenvalue weighted by Crippen LogP contribution is -2.49. The Morgan fingerprint density at radius 2 is 1.83 bits per heavy atom. The zero-order valence-electron chi connectivity index (χ0n) is 19.4. The van der Waals surface area contributed by atoms with Crippen LogP contribution in [-0.2, 0) is 4.79 Å². The number of rotatable bonds is 4. The minimum Gasteiger partial charge on any atom is -0.393 e. The van der Waals surface area contributed by atoms with E-state index in [4.69, 9.17) is 0 Å². The number of fused-ring (bicyclic) bond motifs is 5. The zero-order valence-corrected chi connectivity index (χ0v) is 19.4. The van der Waals surface area contributed by atoms with E-state index in [0.29, 0.717) is 23.5 Å². The third kappa shape index (κ3) is 3.48. The molecule has 0 spiro atoms. The highest BCUT2D eigenvalue weighted by Crippen LogP contribution is 2.66. The van der Waals surface area contributed by atoms with Crippen molar-refractivity contribution in [3.63, 3.8) is 0 Å². The Bertz CT molecular complexity index is 729. The summed E-state index contributed by atoms with van der Waals surface area (Å²) in [4.78, 5) is 12.9. The fraction of sp³-hybridized carbons (Fsp3) is 0.815. The van der Waals surface area contributed by atoms with Crippen LogP contribution in [0.4, 0.5) is 0 Å². The molecule has 0 aromatic rings. The van der Waals surface area contributed by atoms with Gasteiger partial charge in [0.25, 0.3) is 0 Å². The van der Waals surface area contributed by atoms with E-state index in [0.717, 1.165) is 55.4 Å². The minimum atomic E-state index is -0.125. The Morgan fingerprint density at radius 3 is 2.55 bits per heavy atom. The Hall–Kier alpha value is -0.890. The van der Waals surface area contributed by atoms with Crippen molar-refractivity contribution < 1.29 is 9.90 Å². The fourth-order valence-corrected chi connectivity index (χ4v) is 7.85. The molecule has 0 saturated heterocycles. The maximum absolute atomic E-state index is 12.9. The molecule has 0 heterocycles. The van der Waals surface area contributed by atoms with Gasteiger partial charge in [-0.1, -0.05) is 44.9 Å². The molecule has 4 rings (SSSR count). The van der Waals surface area contributed by atoms with Crippen LogP contribution in [-0.4, -0.2) is 17.0 Å². The van der Waals surface area contributed by atoms with Gasteiger partial charge in [0.1, 0.15) is 0 Å². The molecule has 0 amide bonds. The fourth-order valence-electron chi connectivity index (χ4n) is 7.85. The number of carbonyl (C=O) groups is 1. The van der Waals surface area contributed by atoms with Gasteiger partial charge in [0, 0.05) is 6.42 Å². The average molecular weight is 399 g/mol. The summed E-state index contributed by atoms with van der Waals surface area (Å²) in [6.45, 7) is 11.5. The van der Waals surface area contributed by atoms with Crippen molar-refractivity contribution >= 4 is 5.78 Å². The molecular formula is C27H42O2. The summed E-state index contributed by atoms with van der Waals surface area (Å²) in [5.74, 6) is 3.25. The summed E-state index contributed by atoms with van der Waals surface area (Å²) >= 11 is 0. The van der Waals surface area contributed by atoms with Gasteiger partial charge in [-0.15, -0.1) is 0 Å². The monoisotopic (exact) mass is 398 g/mol. The van der Waals surface area contributed by atoms with Crippen LogP contribution in [0.2, 0.25) is 0 Å². The van der Waals surface area contributed by atoms with Gasteiger partial charge in [-0.2, -0.15) is 0 Å². The molecule has 4 aliphatic rings. The maximum atomic E-state index is 12.9. The molecule has 2 heteroatoms. The van der Waals surface area contributed by atoms with Crippen LogP contribution >= 0.6 is 0 Å². The largest absolute Gasteiger partial charge is 0.393 e. The molecule has 162 valence electrons. The second-order valence-electron chi connectivity index (χ2n) is 11.6. The highest BCUT2D eigenvalue weighted by molar-refractivity contribution is 5.95. The average Bonchev–Trinajstić information content (AvgIpc) is 3.03. The van der Waals surface area contributed by atoms with E-state index in [-0.39, 0.29) is 11.5 Å². The standard InChI is InChI=1S/C27H42O2/c1-17(2)6-11-25(29)18(3)22-9-10-23-21-8-7-19-16-20(28)12-14-26(19,4)24(21)13-15-27(22,23)5/h7,17,20-21,23-24,28H,6,8-16H2,1-5H3/b22-18+/t20-,21-,23-,24-,26-,27+/m0/s1. The van der Waals surface area contributed by atoms with Crippen molar-refractivity contribution in [2.75, 3.05) is 0 Å². The van der Waals surface area contributed by atoms with Crippen molar-refractivity contribution in [3.8, 4) is 0 Å². The molecule has 3 fully saturated rings. The molecule has 0 unspecified atom stereocenters. The summed E-state index contributed by atoms with van der Waals surface area (Å²) in [7, 11) is 0. The van der Waals surface area contributed by atoms with E-state index in [1.54, 1.807) is 5.57 Å². The topological polar surface area (TPSA) is 37.3 Å². The minimum absolute atomic E-state index is 0.125. The smallest absolute Gasteiger partial charge is 0.158 e. The van der Waals surface area contributed by atoms with Gasteiger partial charge in [-0.3, -0.25) is 4.79 Å². The first-order valence-corrected chi connectivity index (χ1v) is 12.3. The van der Waals surface area contributed by atoms with E-state index in [1.807, 2.05) is 0 Å². The van der Waals surface area contributed by atoms with Crippen LogP contribution in [0.3, 0.4) is 0 Å². The van der Waals surface area contributed by atoms with Crippen LogP contribution in [0.15, 0.2) is 22.8 Å². The molecule has 4 aliphatic carbocycles. The number of carbonyl (C=O) groups excluding carboxylic acids is 1. The van der Waals surface area contributed by atoms with Gasteiger partial charge in [-0.05, 0) is 105 Å². The third-order valence-electron chi connectivity index (χ3n) is 9.68. The normalized spacial score (nSPS) is 43.3. The van der Waals surface area contributed by atoms with Crippen molar-refractivity contribution in [1.29, 1.82) is 0 Å². The molecule has 3 saturated carbocycles. The van der Waals surface area contributed by atoms with Crippen LogP contribution in [0.5, 0.6) is 0 Å². The van der Waals surface area contributed by atoms with Crippen LogP contribution in [0, 0.1) is 34.5 Å². The first kappa shape index (κ1) is 21.3.